The first-order chi connectivity index (χ1) is 13.2. The lowest BCUT2D eigenvalue weighted by Gasteiger charge is -2.21. The highest BCUT2D eigenvalue weighted by Gasteiger charge is 2.15. The lowest BCUT2D eigenvalue weighted by Crippen LogP contribution is -2.15. The van der Waals surface area contributed by atoms with Crippen molar-refractivity contribution in [2.75, 3.05) is 19.5 Å². The van der Waals surface area contributed by atoms with Crippen molar-refractivity contribution in [2.24, 2.45) is 0 Å². The van der Waals surface area contributed by atoms with Crippen LogP contribution in [0.3, 0.4) is 0 Å². The van der Waals surface area contributed by atoms with Gasteiger partial charge in [0.25, 0.3) is 0 Å². The highest BCUT2D eigenvalue weighted by molar-refractivity contribution is 5.45. The van der Waals surface area contributed by atoms with E-state index < -0.39 is 0 Å². The van der Waals surface area contributed by atoms with Gasteiger partial charge in [0, 0.05) is 0 Å². The second-order valence-corrected chi connectivity index (χ2v) is 6.02. The van der Waals surface area contributed by atoms with E-state index in [1.165, 1.54) is 0 Å². The maximum absolute atomic E-state index is 9.09. The van der Waals surface area contributed by atoms with Crippen molar-refractivity contribution < 1.29 is 9.47 Å². The number of methoxy groups -OCH3 is 2. The van der Waals surface area contributed by atoms with Crippen LogP contribution >= 0.6 is 0 Å². The second-order valence-electron chi connectivity index (χ2n) is 6.02. The molecule has 5 nitrogen and oxygen atoms in total. The van der Waals surface area contributed by atoms with Crippen LogP contribution in [0.15, 0.2) is 66.7 Å². The molecule has 1 aromatic heterocycles. The predicted molar refractivity (Wildman–Crippen MR) is 105 cm³/mol. The molecule has 0 bridgehead atoms. The van der Waals surface area contributed by atoms with Gasteiger partial charge >= 0.3 is 0 Å². The molecule has 0 saturated carbocycles. The average Bonchev–Trinajstić information content (AvgIpc) is 2.74. The van der Waals surface area contributed by atoms with Gasteiger partial charge < -0.3 is 14.8 Å². The van der Waals surface area contributed by atoms with Gasteiger partial charge in [0.15, 0.2) is 11.5 Å². The van der Waals surface area contributed by atoms with Gasteiger partial charge in [-0.15, -0.1) is 0 Å². The minimum Gasteiger partial charge on any atom is -0.493 e. The Hall–Kier alpha value is -3.52. The molecule has 136 valence electrons. The Morgan fingerprint density at radius 3 is 2.44 bits per heavy atom. The fraction of sp³-hybridized carbons (Fsp3) is 0.182. The average molecular weight is 359 g/mol. The number of benzene rings is 2. The highest BCUT2D eigenvalue weighted by atomic mass is 16.5. The highest BCUT2D eigenvalue weighted by Crippen LogP contribution is 2.30. The number of ether oxygens (including phenoxy) is 2. The largest absolute Gasteiger partial charge is 0.493 e. The molecule has 3 rings (SSSR count). The fourth-order valence-corrected chi connectivity index (χ4v) is 2.94. The molecular weight excluding hydrogens is 338 g/mol. The SMILES string of the molecule is COc1ccc(CC(Nc2cccc(C#N)n2)c2ccccc2)cc1OC. The van der Waals surface area contributed by atoms with Crippen LogP contribution in [0.2, 0.25) is 0 Å². The first kappa shape index (κ1) is 18.3. The maximum atomic E-state index is 9.09. The Kier molecular flexibility index (Phi) is 5.91. The minimum atomic E-state index is -0.00857. The number of nitriles is 1. The molecule has 0 saturated heterocycles. The van der Waals surface area contributed by atoms with Crippen molar-refractivity contribution in [3.8, 4) is 17.6 Å². The minimum absolute atomic E-state index is 0.00857. The van der Waals surface area contributed by atoms with Crippen molar-refractivity contribution in [1.82, 2.24) is 4.98 Å². The van der Waals surface area contributed by atoms with Crippen molar-refractivity contribution in [3.63, 3.8) is 0 Å². The molecule has 1 unspecified atom stereocenters. The molecule has 5 heteroatoms. The summed E-state index contributed by atoms with van der Waals surface area (Å²) in [6.45, 7) is 0. The van der Waals surface area contributed by atoms with E-state index in [0.717, 1.165) is 17.5 Å². The summed E-state index contributed by atoms with van der Waals surface area (Å²) in [4.78, 5) is 4.34. The molecule has 2 aromatic carbocycles. The van der Waals surface area contributed by atoms with Crippen LogP contribution in [0, 0.1) is 11.3 Å². The van der Waals surface area contributed by atoms with Gasteiger partial charge in [-0.25, -0.2) is 4.98 Å². The fourth-order valence-electron chi connectivity index (χ4n) is 2.94. The third kappa shape index (κ3) is 4.56. The van der Waals surface area contributed by atoms with E-state index in [4.69, 9.17) is 14.7 Å². The summed E-state index contributed by atoms with van der Waals surface area (Å²) < 4.78 is 10.7. The molecule has 0 aliphatic heterocycles. The van der Waals surface area contributed by atoms with E-state index >= 15 is 0 Å². The summed E-state index contributed by atoms with van der Waals surface area (Å²) in [6, 6.07) is 23.5. The second kappa shape index (κ2) is 8.72. The van der Waals surface area contributed by atoms with Crippen LogP contribution in [0.25, 0.3) is 0 Å². The predicted octanol–water partition coefficient (Wildman–Crippen LogP) is 4.37. The summed E-state index contributed by atoms with van der Waals surface area (Å²) >= 11 is 0. The molecule has 0 amide bonds. The number of hydrogen-bond donors (Lipinski definition) is 1. The Morgan fingerprint density at radius 1 is 0.963 bits per heavy atom. The van der Waals surface area contributed by atoms with Gasteiger partial charge in [-0.05, 0) is 41.8 Å². The first-order valence-electron chi connectivity index (χ1n) is 8.63. The number of rotatable bonds is 7. The van der Waals surface area contributed by atoms with Crippen molar-refractivity contribution in [2.45, 2.75) is 12.5 Å². The molecule has 0 spiro atoms. The molecule has 1 N–H and O–H groups in total. The van der Waals surface area contributed by atoms with Crippen LogP contribution in [-0.4, -0.2) is 19.2 Å². The van der Waals surface area contributed by atoms with Crippen molar-refractivity contribution in [3.05, 3.63) is 83.6 Å². The van der Waals surface area contributed by atoms with Gasteiger partial charge in [0.05, 0.1) is 20.3 Å². The van der Waals surface area contributed by atoms with Gasteiger partial charge in [-0.1, -0.05) is 42.5 Å². The van der Waals surface area contributed by atoms with Crippen LogP contribution in [0.1, 0.15) is 22.9 Å². The number of anilines is 1. The van der Waals surface area contributed by atoms with Crippen LogP contribution in [-0.2, 0) is 6.42 Å². The number of hydrogen-bond acceptors (Lipinski definition) is 5. The lowest BCUT2D eigenvalue weighted by molar-refractivity contribution is 0.354. The molecule has 0 radical (unpaired) electrons. The number of nitrogens with one attached hydrogen (secondary N) is 1. The number of aromatic nitrogens is 1. The Labute approximate surface area is 159 Å². The summed E-state index contributed by atoms with van der Waals surface area (Å²) in [5.41, 5.74) is 2.62. The molecule has 27 heavy (non-hydrogen) atoms. The Bertz CT molecular complexity index is 936. The van der Waals surface area contributed by atoms with Gasteiger partial charge in [0.1, 0.15) is 17.6 Å². The summed E-state index contributed by atoms with van der Waals surface area (Å²) in [6.07, 6.45) is 0.725. The van der Waals surface area contributed by atoms with Gasteiger partial charge in [-0.3, -0.25) is 0 Å². The van der Waals surface area contributed by atoms with E-state index in [1.54, 1.807) is 20.3 Å². The van der Waals surface area contributed by atoms with E-state index in [9.17, 15) is 0 Å². The van der Waals surface area contributed by atoms with Crippen LogP contribution in [0.5, 0.6) is 11.5 Å². The molecule has 3 aromatic rings. The molecule has 1 heterocycles. The van der Waals surface area contributed by atoms with Gasteiger partial charge in [-0.2, -0.15) is 5.26 Å². The lowest BCUT2D eigenvalue weighted by atomic mass is 9.98. The quantitative estimate of drug-likeness (QED) is 0.679. The third-order valence-electron chi connectivity index (χ3n) is 4.28. The van der Waals surface area contributed by atoms with Crippen LogP contribution in [0.4, 0.5) is 5.82 Å². The third-order valence-corrected chi connectivity index (χ3v) is 4.28. The summed E-state index contributed by atoms with van der Waals surface area (Å²) in [7, 11) is 3.26. The van der Waals surface area contributed by atoms with E-state index in [-0.39, 0.29) is 6.04 Å². The zero-order chi connectivity index (χ0) is 19.1. The number of pyridine rings is 1. The zero-order valence-electron chi connectivity index (χ0n) is 15.3. The molecular formula is C22H21N3O2. The normalized spacial score (nSPS) is 11.3. The molecule has 1 atom stereocenters. The van der Waals surface area contributed by atoms with Crippen molar-refractivity contribution in [1.29, 1.82) is 5.26 Å². The standard InChI is InChI=1S/C22H21N3O2/c1-26-20-12-11-16(14-21(20)27-2)13-19(17-7-4-3-5-8-17)25-22-10-6-9-18(15-23)24-22/h3-12,14,19H,13H2,1-2H3,(H,24,25). The zero-order valence-corrected chi connectivity index (χ0v) is 15.3. The topological polar surface area (TPSA) is 67.2 Å². The van der Waals surface area contributed by atoms with E-state index in [0.29, 0.717) is 23.0 Å². The number of nitrogens with zero attached hydrogens (tertiary/aromatic N) is 2. The molecule has 0 aliphatic rings. The molecule has 0 fully saturated rings. The maximum Gasteiger partial charge on any atom is 0.160 e. The van der Waals surface area contributed by atoms with E-state index in [1.807, 2.05) is 48.5 Å². The van der Waals surface area contributed by atoms with Crippen molar-refractivity contribution >= 4 is 5.82 Å². The van der Waals surface area contributed by atoms with Crippen LogP contribution < -0.4 is 14.8 Å². The smallest absolute Gasteiger partial charge is 0.160 e. The molecule has 0 aliphatic carbocycles. The monoisotopic (exact) mass is 359 g/mol. The summed E-state index contributed by atoms with van der Waals surface area (Å²) in [5, 5.41) is 12.5. The van der Waals surface area contributed by atoms with Gasteiger partial charge in [0.2, 0.25) is 0 Å². The summed E-state index contributed by atoms with van der Waals surface area (Å²) in [5.74, 6) is 2.07. The first-order valence-corrected chi connectivity index (χ1v) is 8.63. The Balaban J connectivity index is 1.90. The Morgan fingerprint density at radius 2 is 1.74 bits per heavy atom. The van der Waals surface area contributed by atoms with E-state index in [2.05, 4.69) is 28.5 Å².